The minimum absolute atomic E-state index is 0.0210. The summed E-state index contributed by atoms with van der Waals surface area (Å²) in [5, 5.41) is 6.34. The zero-order chi connectivity index (χ0) is 14.7. The number of nitrogens with one attached hydrogen (secondary N) is 1. The number of nitrogen functional groups attached to an aromatic ring is 1. The molecule has 0 bridgehead atoms. The third-order valence-corrected chi connectivity index (χ3v) is 2.51. The molecule has 1 heterocycles. The molecule has 0 fully saturated rings. The van der Waals surface area contributed by atoms with Gasteiger partial charge in [-0.15, -0.1) is 0 Å². The van der Waals surface area contributed by atoms with Crippen molar-refractivity contribution in [3.63, 3.8) is 0 Å². The molecule has 0 unspecified atom stereocenters. The molecular weight excluding hydrogens is 265 g/mol. The molecule has 0 radical (unpaired) electrons. The van der Waals surface area contributed by atoms with Crippen LogP contribution in [0.15, 0.2) is 30.6 Å². The van der Waals surface area contributed by atoms with Crippen molar-refractivity contribution in [2.45, 2.75) is 6.54 Å². The van der Waals surface area contributed by atoms with Gasteiger partial charge in [0.05, 0.1) is 23.1 Å². The number of amides is 2. The SMILES string of the molecule is NC(=O)Cn1cc(NC(=O)c2cccc(F)c2N)cn1. The number of carbonyl (C=O) groups excluding carboxylic acids is 2. The van der Waals surface area contributed by atoms with Crippen molar-refractivity contribution in [2.75, 3.05) is 11.1 Å². The van der Waals surface area contributed by atoms with Gasteiger partial charge in [0.25, 0.3) is 5.91 Å². The van der Waals surface area contributed by atoms with E-state index in [0.717, 1.165) is 6.07 Å². The van der Waals surface area contributed by atoms with Gasteiger partial charge in [-0.2, -0.15) is 5.10 Å². The highest BCUT2D eigenvalue weighted by Gasteiger charge is 2.13. The summed E-state index contributed by atoms with van der Waals surface area (Å²) in [7, 11) is 0. The third kappa shape index (κ3) is 2.91. The van der Waals surface area contributed by atoms with Crippen molar-refractivity contribution in [2.24, 2.45) is 5.73 Å². The Morgan fingerprint density at radius 1 is 1.40 bits per heavy atom. The Balaban J connectivity index is 2.13. The molecule has 0 aliphatic heterocycles. The van der Waals surface area contributed by atoms with Gasteiger partial charge in [-0.25, -0.2) is 4.39 Å². The summed E-state index contributed by atoms with van der Waals surface area (Å²) < 4.78 is 14.5. The first-order chi connectivity index (χ1) is 9.47. The van der Waals surface area contributed by atoms with Crippen LogP contribution in [0.2, 0.25) is 0 Å². The molecule has 5 N–H and O–H groups in total. The summed E-state index contributed by atoms with van der Waals surface area (Å²) in [6, 6.07) is 3.95. The third-order valence-electron chi connectivity index (χ3n) is 2.51. The fourth-order valence-electron chi connectivity index (χ4n) is 1.61. The number of benzene rings is 1. The molecule has 1 aromatic carbocycles. The van der Waals surface area contributed by atoms with Crippen molar-refractivity contribution in [1.29, 1.82) is 0 Å². The number of nitrogens with zero attached hydrogens (tertiary/aromatic N) is 2. The Bertz CT molecular complexity index is 668. The Morgan fingerprint density at radius 2 is 2.15 bits per heavy atom. The van der Waals surface area contributed by atoms with E-state index in [0.29, 0.717) is 5.69 Å². The zero-order valence-corrected chi connectivity index (χ0v) is 10.3. The molecule has 20 heavy (non-hydrogen) atoms. The van der Waals surface area contributed by atoms with Crippen LogP contribution in [0.4, 0.5) is 15.8 Å². The van der Waals surface area contributed by atoms with Gasteiger partial charge in [-0.05, 0) is 12.1 Å². The highest BCUT2D eigenvalue weighted by molar-refractivity contribution is 6.07. The van der Waals surface area contributed by atoms with E-state index in [1.165, 1.54) is 29.2 Å². The first-order valence-corrected chi connectivity index (χ1v) is 5.63. The molecule has 2 aromatic rings. The molecule has 1 aromatic heterocycles. The van der Waals surface area contributed by atoms with E-state index in [-0.39, 0.29) is 17.8 Å². The normalized spacial score (nSPS) is 10.2. The summed E-state index contributed by atoms with van der Waals surface area (Å²) in [4.78, 5) is 22.7. The molecular formula is C12H12FN5O2. The fourth-order valence-corrected chi connectivity index (χ4v) is 1.61. The number of halogens is 1. The molecule has 0 saturated heterocycles. The maximum absolute atomic E-state index is 13.3. The molecule has 8 heteroatoms. The lowest BCUT2D eigenvalue weighted by Crippen LogP contribution is -2.18. The number of aromatic nitrogens is 2. The first-order valence-electron chi connectivity index (χ1n) is 5.63. The fraction of sp³-hybridized carbons (Fsp3) is 0.0833. The second-order valence-electron chi connectivity index (χ2n) is 4.05. The predicted molar refractivity (Wildman–Crippen MR) is 70.2 cm³/mol. The Kier molecular flexibility index (Phi) is 3.65. The standard InChI is InChI=1S/C12H12FN5O2/c13-9-3-1-2-8(11(9)15)12(20)17-7-4-16-18(5-7)6-10(14)19/h1-5H,6,15H2,(H2,14,19)(H,17,20). The second-order valence-corrected chi connectivity index (χ2v) is 4.05. The topological polar surface area (TPSA) is 116 Å². The largest absolute Gasteiger partial charge is 0.396 e. The van der Waals surface area contributed by atoms with Gasteiger partial charge >= 0.3 is 0 Å². The van der Waals surface area contributed by atoms with Crippen LogP contribution in [-0.2, 0) is 11.3 Å². The van der Waals surface area contributed by atoms with E-state index >= 15 is 0 Å². The minimum atomic E-state index is -0.665. The van der Waals surface area contributed by atoms with Crippen LogP contribution in [0.25, 0.3) is 0 Å². The predicted octanol–water partition coefficient (Wildman–Crippen LogP) is 0.342. The summed E-state index contributed by atoms with van der Waals surface area (Å²) in [5.74, 6) is -1.79. The molecule has 104 valence electrons. The van der Waals surface area contributed by atoms with E-state index in [4.69, 9.17) is 11.5 Å². The number of para-hydroxylation sites is 1. The summed E-state index contributed by atoms with van der Waals surface area (Å²) in [5.41, 5.74) is 10.6. The number of hydrogen-bond donors (Lipinski definition) is 3. The molecule has 0 aliphatic carbocycles. The van der Waals surface area contributed by atoms with E-state index in [1.54, 1.807) is 0 Å². The van der Waals surface area contributed by atoms with E-state index in [2.05, 4.69) is 10.4 Å². The number of anilines is 2. The van der Waals surface area contributed by atoms with Crippen LogP contribution >= 0.6 is 0 Å². The van der Waals surface area contributed by atoms with Gasteiger partial charge in [-0.3, -0.25) is 14.3 Å². The molecule has 0 atom stereocenters. The molecule has 2 amide bonds. The van der Waals surface area contributed by atoms with Gasteiger partial charge in [0.2, 0.25) is 5.91 Å². The zero-order valence-electron chi connectivity index (χ0n) is 10.3. The van der Waals surface area contributed by atoms with Crippen molar-refractivity contribution in [3.8, 4) is 0 Å². The minimum Gasteiger partial charge on any atom is -0.396 e. The Morgan fingerprint density at radius 3 is 2.85 bits per heavy atom. The van der Waals surface area contributed by atoms with E-state index < -0.39 is 17.6 Å². The Hall–Kier alpha value is -2.90. The monoisotopic (exact) mass is 277 g/mol. The van der Waals surface area contributed by atoms with Crippen molar-refractivity contribution in [1.82, 2.24) is 9.78 Å². The maximum atomic E-state index is 13.3. The van der Waals surface area contributed by atoms with Crippen LogP contribution in [0.3, 0.4) is 0 Å². The number of carbonyl (C=O) groups is 2. The molecule has 2 rings (SSSR count). The van der Waals surface area contributed by atoms with Crippen molar-refractivity contribution in [3.05, 3.63) is 42.0 Å². The first kappa shape index (κ1) is 13.5. The number of rotatable bonds is 4. The van der Waals surface area contributed by atoms with Gasteiger partial charge in [0.15, 0.2) is 0 Å². The lowest BCUT2D eigenvalue weighted by molar-refractivity contribution is -0.118. The summed E-state index contributed by atoms with van der Waals surface area (Å²) in [6.45, 7) is -0.0992. The van der Waals surface area contributed by atoms with Gasteiger partial charge in [-0.1, -0.05) is 6.07 Å². The molecule has 0 spiro atoms. The van der Waals surface area contributed by atoms with Crippen molar-refractivity contribution < 1.29 is 14.0 Å². The van der Waals surface area contributed by atoms with Crippen LogP contribution in [-0.4, -0.2) is 21.6 Å². The van der Waals surface area contributed by atoms with Crippen molar-refractivity contribution >= 4 is 23.2 Å². The Labute approximate surface area is 113 Å². The van der Waals surface area contributed by atoms with E-state index in [1.807, 2.05) is 0 Å². The molecule has 7 nitrogen and oxygen atoms in total. The van der Waals surface area contributed by atoms with Gasteiger partial charge in [0, 0.05) is 6.20 Å². The summed E-state index contributed by atoms with van der Waals surface area (Å²) in [6.07, 6.45) is 2.77. The van der Waals surface area contributed by atoms with Gasteiger partial charge < -0.3 is 16.8 Å². The van der Waals surface area contributed by atoms with E-state index in [9.17, 15) is 14.0 Å². The molecule has 0 saturated carbocycles. The summed E-state index contributed by atoms with van der Waals surface area (Å²) >= 11 is 0. The average molecular weight is 277 g/mol. The second kappa shape index (κ2) is 5.39. The highest BCUT2D eigenvalue weighted by Crippen LogP contribution is 2.17. The van der Waals surface area contributed by atoms with Crippen LogP contribution in [0.1, 0.15) is 10.4 Å². The smallest absolute Gasteiger partial charge is 0.257 e. The van der Waals surface area contributed by atoms with Crippen LogP contribution in [0, 0.1) is 5.82 Å². The number of primary amides is 1. The van der Waals surface area contributed by atoms with Crippen LogP contribution in [0.5, 0.6) is 0 Å². The number of nitrogens with two attached hydrogens (primary N) is 2. The quantitative estimate of drug-likeness (QED) is 0.699. The lowest BCUT2D eigenvalue weighted by Gasteiger charge is -2.06. The number of hydrogen-bond acceptors (Lipinski definition) is 4. The van der Waals surface area contributed by atoms with Crippen LogP contribution < -0.4 is 16.8 Å². The highest BCUT2D eigenvalue weighted by atomic mass is 19.1. The lowest BCUT2D eigenvalue weighted by atomic mass is 10.1. The van der Waals surface area contributed by atoms with Gasteiger partial charge in [0.1, 0.15) is 12.4 Å². The maximum Gasteiger partial charge on any atom is 0.257 e. The molecule has 0 aliphatic rings. The average Bonchev–Trinajstić information content (AvgIpc) is 2.79.